The molecule has 11 heteroatoms. The zero-order valence-electron chi connectivity index (χ0n) is 18.6. The van der Waals surface area contributed by atoms with Gasteiger partial charge in [0.05, 0.1) is 25.7 Å². The minimum absolute atomic E-state index is 0.150. The van der Waals surface area contributed by atoms with E-state index in [1.165, 1.54) is 6.26 Å². The number of furan rings is 1. The average Bonchev–Trinajstić information content (AvgIpc) is 3.60. The van der Waals surface area contributed by atoms with Crippen molar-refractivity contribution in [2.45, 2.75) is 12.8 Å². The molecule has 0 amide bonds. The second-order valence-electron chi connectivity index (χ2n) is 7.86. The predicted octanol–water partition coefficient (Wildman–Crippen LogP) is 2.57. The zero-order chi connectivity index (χ0) is 23.2. The van der Waals surface area contributed by atoms with Crippen LogP contribution in [-0.2, 0) is 4.74 Å². The van der Waals surface area contributed by atoms with E-state index in [1.54, 1.807) is 42.6 Å². The maximum absolute atomic E-state index is 12.0. The molecule has 2 aliphatic rings. The van der Waals surface area contributed by atoms with Crippen LogP contribution in [0.3, 0.4) is 0 Å². The largest absolute Gasteiger partial charge is 0.457 e. The molecule has 3 aromatic rings. The minimum atomic E-state index is -0.548. The molecule has 2 aromatic heterocycles. The van der Waals surface area contributed by atoms with Crippen LogP contribution in [0, 0.1) is 0 Å². The highest BCUT2D eigenvalue weighted by Gasteiger charge is 2.21. The Balaban J connectivity index is 1.25. The minimum Gasteiger partial charge on any atom is -0.457 e. The number of morpholine rings is 1. The van der Waals surface area contributed by atoms with Crippen LogP contribution in [0.15, 0.2) is 52.2 Å². The Kier molecular flexibility index (Phi) is 6.61. The highest BCUT2D eigenvalue weighted by Crippen LogP contribution is 2.21. The summed E-state index contributed by atoms with van der Waals surface area (Å²) in [6, 6.07) is 10.1. The van der Waals surface area contributed by atoms with Crippen LogP contribution in [0.25, 0.3) is 0 Å². The Morgan fingerprint density at radius 3 is 2.35 bits per heavy atom. The number of benzene rings is 1. The summed E-state index contributed by atoms with van der Waals surface area (Å²) < 4.78 is 15.8. The van der Waals surface area contributed by atoms with Crippen molar-refractivity contribution in [2.75, 3.05) is 54.6 Å². The smallest absolute Gasteiger partial charge is 0.379 e. The summed E-state index contributed by atoms with van der Waals surface area (Å²) in [6.07, 6.45) is 5.33. The van der Waals surface area contributed by atoms with Crippen LogP contribution in [0.1, 0.15) is 29.0 Å². The molecule has 0 saturated carbocycles. The number of hydrazone groups is 1. The van der Waals surface area contributed by atoms with Crippen molar-refractivity contribution in [3.8, 4) is 5.75 Å². The van der Waals surface area contributed by atoms with Crippen LogP contribution in [0.4, 0.5) is 17.8 Å². The van der Waals surface area contributed by atoms with Crippen LogP contribution in [0.5, 0.6) is 5.75 Å². The first-order chi connectivity index (χ1) is 16.7. The normalized spacial score (nSPS) is 16.2. The molecule has 0 aliphatic carbocycles. The Morgan fingerprint density at radius 1 is 0.971 bits per heavy atom. The number of hydrogen-bond donors (Lipinski definition) is 1. The molecule has 34 heavy (non-hydrogen) atoms. The number of nitrogens with zero attached hydrogens (tertiary/aromatic N) is 6. The van der Waals surface area contributed by atoms with Crippen LogP contribution in [-0.4, -0.2) is 66.5 Å². The number of carbonyl (C=O) groups excluding carboxylic acids is 1. The van der Waals surface area contributed by atoms with Gasteiger partial charge in [-0.25, -0.2) is 10.2 Å². The van der Waals surface area contributed by atoms with Crippen molar-refractivity contribution in [1.82, 2.24) is 15.0 Å². The summed E-state index contributed by atoms with van der Waals surface area (Å²) in [5, 5.41) is 4.28. The van der Waals surface area contributed by atoms with E-state index in [0.29, 0.717) is 36.8 Å². The van der Waals surface area contributed by atoms with Gasteiger partial charge in [0.25, 0.3) is 0 Å². The van der Waals surface area contributed by atoms with E-state index >= 15 is 0 Å². The van der Waals surface area contributed by atoms with Crippen LogP contribution < -0.4 is 20.0 Å². The molecular weight excluding hydrogens is 438 g/mol. The Morgan fingerprint density at radius 2 is 1.68 bits per heavy atom. The maximum atomic E-state index is 12.0. The molecule has 2 fully saturated rings. The third-order valence-corrected chi connectivity index (χ3v) is 5.49. The van der Waals surface area contributed by atoms with Crippen molar-refractivity contribution in [1.29, 1.82) is 0 Å². The highest BCUT2D eigenvalue weighted by molar-refractivity contribution is 5.88. The number of aromatic nitrogens is 3. The SMILES string of the molecule is O=C(Oc1ccc(C=NNc2nc(N3CCCC3)nc(N3CCOCC3)n2)cc1)c1ccco1. The van der Waals surface area contributed by atoms with Gasteiger partial charge in [-0.3, -0.25) is 0 Å². The fraction of sp³-hybridized carbons (Fsp3) is 0.348. The van der Waals surface area contributed by atoms with Gasteiger partial charge in [-0.2, -0.15) is 20.1 Å². The van der Waals surface area contributed by atoms with E-state index in [1.807, 2.05) is 0 Å². The quantitative estimate of drug-likeness (QED) is 0.242. The van der Waals surface area contributed by atoms with Gasteiger partial charge in [0.15, 0.2) is 0 Å². The van der Waals surface area contributed by atoms with Gasteiger partial charge in [-0.05, 0) is 54.8 Å². The van der Waals surface area contributed by atoms with Gasteiger partial charge in [-0.1, -0.05) is 0 Å². The number of nitrogens with one attached hydrogen (secondary N) is 1. The summed E-state index contributed by atoms with van der Waals surface area (Å²) in [5.41, 5.74) is 3.74. The lowest BCUT2D eigenvalue weighted by atomic mass is 10.2. The summed E-state index contributed by atoms with van der Waals surface area (Å²) in [7, 11) is 0. The Bertz CT molecular complexity index is 1120. The number of esters is 1. The van der Waals surface area contributed by atoms with Gasteiger partial charge in [0.1, 0.15) is 5.75 Å². The number of ether oxygens (including phenoxy) is 2. The molecule has 2 aliphatic heterocycles. The number of rotatable bonds is 7. The second-order valence-corrected chi connectivity index (χ2v) is 7.86. The highest BCUT2D eigenvalue weighted by atomic mass is 16.5. The first kappa shape index (κ1) is 21.8. The lowest BCUT2D eigenvalue weighted by Crippen LogP contribution is -2.38. The van der Waals surface area contributed by atoms with Crippen molar-refractivity contribution < 1.29 is 18.7 Å². The first-order valence-corrected chi connectivity index (χ1v) is 11.2. The van der Waals surface area contributed by atoms with Crippen LogP contribution in [0.2, 0.25) is 0 Å². The van der Waals surface area contributed by atoms with E-state index < -0.39 is 5.97 Å². The zero-order valence-corrected chi connectivity index (χ0v) is 18.6. The van der Waals surface area contributed by atoms with E-state index in [-0.39, 0.29) is 5.76 Å². The van der Waals surface area contributed by atoms with Crippen molar-refractivity contribution in [3.63, 3.8) is 0 Å². The predicted molar refractivity (Wildman–Crippen MR) is 126 cm³/mol. The monoisotopic (exact) mass is 463 g/mol. The van der Waals surface area contributed by atoms with Crippen molar-refractivity contribution in [3.05, 3.63) is 54.0 Å². The molecule has 0 unspecified atom stereocenters. The topological polar surface area (TPSA) is 118 Å². The molecular formula is C23H25N7O4. The molecule has 0 atom stereocenters. The number of carbonyl (C=O) groups is 1. The number of anilines is 3. The van der Waals surface area contributed by atoms with Crippen molar-refractivity contribution >= 4 is 30.0 Å². The Labute approximate surface area is 196 Å². The van der Waals surface area contributed by atoms with E-state index in [4.69, 9.17) is 18.9 Å². The molecule has 0 radical (unpaired) electrons. The fourth-order valence-electron chi connectivity index (χ4n) is 3.71. The lowest BCUT2D eigenvalue weighted by Gasteiger charge is -2.27. The molecule has 0 spiro atoms. The van der Waals surface area contributed by atoms with Gasteiger partial charge in [-0.15, -0.1) is 0 Å². The van der Waals surface area contributed by atoms with Gasteiger partial charge < -0.3 is 23.7 Å². The number of hydrogen-bond acceptors (Lipinski definition) is 11. The van der Waals surface area contributed by atoms with E-state index in [2.05, 4.69) is 30.3 Å². The molecule has 1 aromatic carbocycles. The van der Waals surface area contributed by atoms with E-state index in [0.717, 1.165) is 44.6 Å². The average molecular weight is 463 g/mol. The molecule has 2 saturated heterocycles. The summed E-state index contributed by atoms with van der Waals surface area (Å²) in [6.45, 7) is 4.65. The maximum Gasteiger partial charge on any atom is 0.379 e. The van der Waals surface area contributed by atoms with Gasteiger partial charge in [0.2, 0.25) is 23.6 Å². The summed E-state index contributed by atoms with van der Waals surface area (Å²) >= 11 is 0. The molecule has 11 nitrogen and oxygen atoms in total. The second kappa shape index (κ2) is 10.3. The third kappa shape index (κ3) is 5.31. The fourth-order valence-corrected chi connectivity index (χ4v) is 3.71. The third-order valence-electron chi connectivity index (χ3n) is 5.49. The lowest BCUT2D eigenvalue weighted by molar-refractivity contribution is 0.0701. The molecule has 4 heterocycles. The van der Waals surface area contributed by atoms with E-state index in [9.17, 15) is 4.79 Å². The molecule has 176 valence electrons. The molecule has 1 N–H and O–H groups in total. The molecule has 5 rings (SSSR count). The summed E-state index contributed by atoms with van der Waals surface area (Å²) in [4.78, 5) is 30.1. The van der Waals surface area contributed by atoms with Gasteiger partial charge in [0, 0.05) is 26.2 Å². The summed E-state index contributed by atoms with van der Waals surface area (Å²) in [5.74, 6) is 1.69. The van der Waals surface area contributed by atoms with Crippen LogP contribution >= 0.6 is 0 Å². The van der Waals surface area contributed by atoms with Gasteiger partial charge >= 0.3 is 5.97 Å². The first-order valence-electron chi connectivity index (χ1n) is 11.2. The molecule has 0 bridgehead atoms. The Hall–Kier alpha value is -3.99. The van der Waals surface area contributed by atoms with Crippen molar-refractivity contribution in [2.24, 2.45) is 5.10 Å². The standard InChI is InChI=1S/C23H25N7O4/c31-20(19-4-3-13-33-19)34-18-7-5-17(6-8-18)16-24-28-21-25-22(29-9-1-2-10-29)27-23(26-21)30-11-14-32-15-12-30/h3-8,13,16H,1-2,9-12,14-15H2,(H,25,26,27,28).